The van der Waals surface area contributed by atoms with Crippen LogP contribution in [-0.2, 0) is 9.53 Å². The van der Waals surface area contributed by atoms with E-state index in [0.717, 1.165) is 6.54 Å². The van der Waals surface area contributed by atoms with Gasteiger partial charge in [-0.3, -0.25) is 9.69 Å². The zero-order valence-corrected chi connectivity index (χ0v) is 10.1. The van der Waals surface area contributed by atoms with Crippen LogP contribution < -0.4 is 5.73 Å². The third kappa shape index (κ3) is 4.08. The molecule has 1 aliphatic carbocycles. The summed E-state index contributed by atoms with van der Waals surface area (Å²) in [5, 5.41) is 8.81. The van der Waals surface area contributed by atoms with Crippen LogP contribution in [0, 0.1) is 5.92 Å². The van der Waals surface area contributed by atoms with E-state index in [-0.39, 0.29) is 0 Å². The molecule has 0 amide bonds. The van der Waals surface area contributed by atoms with Gasteiger partial charge in [0.1, 0.15) is 6.04 Å². The zero-order valence-electron chi connectivity index (χ0n) is 10.1. The minimum atomic E-state index is -0.939. The Morgan fingerprint density at radius 2 is 2.25 bits per heavy atom. The number of carboxylic acid groups (broad SMARTS) is 1. The molecule has 0 aromatic heterocycles. The lowest BCUT2D eigenvalue weighted by Gasteiger charge is -2.30. The molecule has 1 aliphatic rings. The molecule has 0 heterocycles. The molecule has 5 heteroatoms. The van der Waals surface area contributed by atoms with Gasteiger partial charge in [-0.15, -0.1) is 0 Å². The topological polar surface area (TPSA) is 75.8 Å². The number of nitrogens with zero attached hydrogens (tertiary/aromatic N) is 1. The van der Waals surface area contributed by atoms with Crippen LogP contribution in [0.1, 0.15) is 19.8 Å². The van der Waals surface area contributed by atoms with E-state index in [0.29, 0.717) is 25.1 Å². The van der Waals surface area contributed by atoms with Crippen molar-refractivity contribution in [1.29, 1.82) is 0 Å². The van der Waals surface area contributed by atoms with E-state index in [1.165, 1.54) is 12.8 Å². The van der Waals surface area contributed by atoms with Gasteiger partial charge in [-0.1, -0.05) is 0 Å². The van der Waals surface area contributed by atoms with Gasteiger partial charge < -0.3 is 15.6 Å². The smallest absolute Gasteiger partial charge is 0.321 e. The summed E-state index contributed by atoms with van der Waals surface area (Å²) in [5.74, 6) is -0.233. The Hall–Kier alpha value is -0.650. The lowest BCUT2D eigenvalue weighted by Crippen LogP contribution is -2.47. The van der Waals surface area contributed by atoms with E-state index in [4.69, 9.17) is 15.6 Å². The van der Waals surface area contributed by atoms with Crippen LogP contribution in [0.4, 0.5) is 0 Å². The monoisotopic (exact) mass is 230 g/mol. The van der Waals surface area contributed by atoms with Crippen LogP contribution in [0.15, 0.2) is 0 Å². The van der Waals surface area contributed by atoms with E-state index < -0.39 is 12.0 Å². The van der Waals surface area contributed by atoms with Gasteiger partial charge in [0.05, 0.1) is 6.61 Å². The number of carboxylic acids is 1. The molecular formula is C11H22N2O3. The van der Waals surface area contributed by atoms with Crippen LogP contribution in [-0.4, -0.2) is 54.9 Å². The normalized spacial score (nSPS) is 19.8. The molecule has 94 valence electrons. The van der Waals surface area contributed by atoms with Crippen molar-refractivity contribution in [3.8, 4) is 0 Å². The highest BCUT2D eigenvalue weighted by Crippen LogP contribution is 2.35. The minimum Gasteiger partial charge on any atom is -0.480 e. The van der Waals surface area contributed by atoms with E-state index >= 15 is 0 Å². The van der Waals surface area contributed by atoms with Crippen LogP contribution in [0.3, 0.4) is 0 Å². The second kappa shape index (κ2) is 6.18. The van der Waals surface area contributed by atoms with Crippen molar-refractivity contribution in [2.24, 2.45) is 11.7 Å². The fraction of sp³-hybridized carbons (Fsp3) is 0.909. The van der Waals surface area contributed by atoms with Gasteiger partial charge in [-0.05, 0) is 25.7 Å². The third-order valence-corrected chi connectivity index (χ3v) is 3.21. The van der Waals surface area contributed by atoms with Gasteiger partial charge in [-0.25, -0.2) is 0 Å². The molecule has 0 aliphatic heterocycles. The second-order valence-electron chi connectivity index (χ2n) is 4.51. The van der Waals surface area contributed by atoms with Crippen molar-refractivity contribution in [2.45, 2.75) is 31.8 Å². The molecule has 1 fully saturated rings. The van der Waals surface area contributed by atoms with Crippen LogP contribution in [0.25, 0.3) is 0 Å². The van der Waals surface area contributed by atoms with Crippen LogP contribution in [0.5, 0.6) is 0 Å². The summed E-state index contributed by atoms with van der Waals surface area (Å²) in [4.78, 5) is 12.9. The Labute approximate surface area is 96.6 Å². The van der Waals surface area contributed by atoms with E-state index in [1.807, 2.05) is 0 Å². The number of methoxy groups -OCH3 is 1. The first-order valence-corrected chi connectivity index (χ1v) is 5.77. The molecule has 0 spiro atoms. The molecule has 5 nitrogen and oxygen atoms in total. The van der Waals surface area contributed by atoms with Gasteiger partial charge in [0.15, 0.2) is 0 Å². The number of rotatable bonds is 8. The van der Waals surface area contributed by atoms with Crippen molar-refractivity contribution in [3.63, 3.8) is 0 Å². The summed E-state index contributed by atoms with van der Waals surface area (Å²) in [7, 11) is 1.65. The maximum atomic E-state index is 10.7. The molecular weight excluding hydrogens is 208 g/mol. The molecule has 1 rings (SSSR count). The Balaban J connectivity index is 2.44. The average Bonchev–Trinajstić information content (AvgIpc) is 3.06. The van der Waals surface area contributed by atoms with E-state index in [1.54, 1.807) is 7.11 Å². The second-order valence-corrected chi connectivity index (χ2v) is 4.51. The van der Waals surface area contributed by atoms with Crippen molar-refractivity contribution in [2.75, 3.05) is 26.8 Å². The molecule has 0 bridgehead atoms. The molecule has 0 radical (unpaired) electrons. The van der Waals surface area contributed by atoms with Crippen molar-refractivity contribution < 1.29 is 14.6 Å². The largest absolute Gasteiger partial charge is 0.480 e. The lowest BCUT2D eigenvalue weighted by molar-refractivity contribution is -0.139. The van der Waals surface area contributed by atoms with E-state index in [2.05, 4.69) is 11.8 Å². The molecule has 16 heavy (non-hydrogen) atoms. The van der Waals surface area contributed by atoms with Gasteiger partial charge >= 0.3 is 5.97 Å². The summed E-state index contributed by atoms with van der Waals surface area (Å²) in [6, 6.07) is -0.404. The summed E-state index contributed by atoms with van der Waals surface area (Å²) in [6.07, 6.45) is 2.49. The molecule has 0 saturated heterocycles. The molecule has 1 saturated carbocycles. The number of ether oxygens (including phenoxy) is 1. The summed E-state index contributed by atoms with van der Waals surface area (Å²) >= 11 is 0. The fourth-order valence-electron chi connectivity index (χ4n) is 1.88. The van der Waals surface area contributed by atoms with Crippen molar-refractivity contribution in [1.82, 2.24) is 4.90 Å². The number of hydrogen-bond acceptors (Lipinski definition) is 4. The molecule has 2 atom stereocenters. The quantitative estimate of drug-likeness (QED) is 0.620. The Kier molecular flexibility index (Phi) is 5.18. The molecule has 2 unspecified atom stereocenters. The van der Waals surface area contributed by atoms with Crippen LogP contribution >= 0.6 is 0 Å². The van der Waals surface area contributed by atoms with Crippen molar-refractivity contribution in [3.05, 3.63) is 0 Å². The summed E-state index contributed by atoms with van der Waals surface area (Å²) in [5.41, 5.74) is 5.57. The van der Waals surface area contributed by atoms with Gasteiger partial charge in [0.2, 0.25) is 0 Å². The zero-order chi connectivity index (χ0) is 12.1. The SMILES string of the molecule is COCCN(CC(N)C(=O)O)C(C)C1CC1. The lowest BCUT2D eigenvalue weighted by atomic mass is 10.1. The Morgan fingerprint density at radius 3 is 2.69 bits per heavy atom. The number of carbonyl (C=O) groups is 1. The highest BCUT2D eigenvalue weighted by Gasteiger charge is 2.33. The first-order valence-electron chi connectivity index (χ1n) is 5.77. The standard InChI is InChI=1S/C11H22N2O3/c1-8(9-3-4-9)13(5-6-16-2)7-10(12)11(14)15/h8-10H,3-7,12H2,1-2H3,(H,14,15). The summed E-state index contributed by atoms with van der Waals surface area (Å²) < 4.78 is 5.03. The molecule has 0 aromatic rings. The van der Waals surface area contributed by atoms with Crippen molar-refractivity contribution >= 4 is 5.97 Å². The fourth-order valence-corrected chi connectivity index (χ4v) is 1.88. The van der Waals surface area contributed by atoms with Crippen LogP contribution in [0.2, 0.25) is 0 Å². The van der Waals surface area contributed by atoms with E-state index in [9.17, 15) is 4.79 Å². The third-order valence-electron chi connectivity index (χ3n) is 3.21. The number of aliphatic carboxylic acids is 1. The maximum Gasteiger partial charge on any atom is 0.321 e. The number of hydrogen-bond donors (Lipinski definition) is 2. The Morgan fingerprint density at radius 1 is 1.62 bits per heavy atom. The maximum absolute atomic E-state index is 10.7. The molecule has 3 N–H and O–H groups in total. The minimum absolute atomic E-state index is 0.399. The predicted octanol–water partition coefficient (Wildman–Crippen LogP) is 0.145. The first kappa shape index (κ1) is 13.4. The molecule has 0 aromatic carbocycles. The average molecular weight is 230 g/mol. The van der Waals surface area contributed by atoms with Gasteiger partial charge in [0, 0.05) is 26.2 Å². The van der Waals surface area contributed by atoms with Gasteiger partial charge in [0.25, 0.3) is 0 Å². The first-order chi connectivity index (χ1) is 7.56. The Bertz CT molecular complexity index is 231. The van der Waals surface area contributed by atoms with Gasteiger partial charge in [-0.2, -0.15) is 0 Å². The highest BCUT2D eigenvalue weighted by molar-refractivity contribution is 5.73. The summed E-state index contributed by atoms with van der Waals surface area (Å²) in [6.45, 7) is 3.90. The highest BCUT2D eigenvalue weighted by atomic mass is 16.5. The number of nitrogens with two attached hydrogens (primary N) is 1. The predicted molar refractivity (Wildman–Crippen MR) is 61.2 cm³/mol.